The van der Waals surface area contributed by atoms with Crippen molar-refractivity contribution in [1.29, 1.82) is 0 Å². The van der Waals surface area contributed by atoms with Gasteiger partial charge in [-0.25, -0.2) is 0 Å². The third kappa shape index (κ3) is 4.32. The Morgan fingerprint density at radius 1 is 0.773 bits per heavy atom. The number of rotatable bonds is 6. The van der Waals surface area contributed by atoms with Crippen molar-refractivity contribution in [2.24, 2.45) is 0 Å². The monoisotopic (exact) mass is 352 g/mol. The average Bonchev–Trinajstić information content (AvgIpc) is 2.28. The van der Waals surface area contributed by atoms with Gasteiger partial charge in [0, 0.05) is 0 Å². The van der Waals surface area contributed by atoms with Crippen LogP contribution in [0.1, 0.15) is 27.7 Å². The molecule has 0 aromatic heterocycles. The molecule has 126 valence electrons. The fourth-order valence-electron chi connectivity index (χ4n) is 1.51. The molecule has 8 nitrogen and oxygen atoms in total. The van der Waals surface area contributed by atoms with Crippen LogP contribution in [0.15, 0.2) is 24.3 Å². The molecule has 6 N–H and O–H groups in total. The summed E-state index contributed by atoms with van der Waals surface area (Å²) < 4.78 is 23.0. The van der Waals surface area contributed by atoms with Crippen LogP contribution in [0.3, 0.4) is 0 Å². The molecule has 0 unspecified atom stereocenters. The highest BCUT2D eigenvalue weighted by atomic mass is 31.2. The lowest BCUT2D eigenvalue weighted by Gasteiger charge is -2.32. The lowest BCUT2D eigenvalue weighted by atomic mass is 10.2. The normalized spacial score (nSPS) is 13.8. The molecule has 0 atom stereocenters. The van der Waals surface area contributed by atoms with E-state index in [0.29, 0.717) is 11.4 Å². The van der Waals surface area contributed by atoms with E-state index in [1.54, 1.807) is 24.3 Å². The van der Waals surface area contributed by atoms with E-state index >= 15 is 0 Å². The molecule has 0 saturated heterocycles. The summed E-state index contributed by atoms with van der Waals surface area (Å²) in [6.07, 6.45) is 0. The van der Waals surface area contributed by atoms with E-state index in [9.17, 15) is 28.7 Å². The standard InChI is InChI=1S/C12H22N2O6P2/c1-11(2,21(15,16)17)13-9-7-5-6-8-10(9)14-12(3,4)22(18,19)20/h5-8,13-14H,1-4H3,(H2,15,16,17)(H2,18,19,20). The maximum Gasteiger partial charge on any atom is 0.350 e. The van der Waals surface area contributed by atoms with E-state index in [0.717, 1.165) is 0 Å². The minimum atomic E-state index is -4.43. The van der Waals surface area contributed by atoms with Crippen molar-refractivity contribution in [2.45, 2.75) is 38.3 Å². The second kappa shape index (κ2) is 5.96. The molecule has 0 radical (unpaired) electrons. The van der Waals surface area contributed by atoms with Crippen molar-refractivity contribution < 1.29 is 28.7 Å². The Balaban J connectivity index is 3.17. The zero-order valence-corrected chi connectivity index (χ0v) is 14.6. The lowest BCUT2D eigenvalue weighted by Crippen LogP contribution is -2.33. The number of benzene rings is 1. The summed E-state index contributed by atoms with van der Waals surface area (Å²) >= 11 is 0. The van der Waals surface area contributed by atoms with Gasteiger partial charge in [-0.15, -0.1) is 0 Å². The maximum atomic E-state index is 11.5. The maximum absolute atomic E-state index is 11.5. The van der Waals surface area contributed by atoms with Gasteiger partial charge in [0.2, 0.25) is 0 Å². The molecule has 0 aliphatic heterocycles. The van der Waals surface area contributed by atoms with Crippen molar-refractivity contribution in [1.82, 2.24) is 0 Å². The number of para-hydroxylation sites is 2. The average molecular weight is 352 g/mol. The van der Waals surface area contributed by atoms with E-state index in [-0.39, 0.29) is 0 Å². The van der Waals surface area contributed by atoms with Crippen LogP contribution in [0.2, 0.25) is 0 Å². The van der Waals surface area contributed by atoms with Crippen LogP contribution >= 0.6 is 15.2 Å². The summed E-state index contributed by atoms with van der Waals surface area (Å²) in [5.74, 6) is 0. The van der Waals surface area contributed by atoms with Gasteiger partial charge in [0.05, 0.1) is 11.4 Å². The summed E-state index contributed by atoms with van der Waals surface area (Å²) in [7, 11) is -8.86. The van der Waals surface area contributed by atoms with Crippen LogP contribution in [0, 0.1) is 0 Å². The van der Waals surface area contributed by atoms with Crippen molar-refractivity contribution in [2.75, 3.05) is 10.6 Å². The zero-order valence-electron chi connectivity index (χ0n) is 12.8. The van der Waals surface area contributed by atoms with Crippen LogP contribution in [0.25, 0.3) is 0 Å². The van der Waals surface area contributed by atoms with Crippen LogP contribution in [-0.4, -0.2) is 30.1 Å². The Bertz CT molecular complexity index is 579. The first-order chi connectivity index (χ1) is 9.67. The largest absolute Gasteiger partial charge is 0.368 e. The first kappa shape index (κ1) is 19.2. The van der Waals surface area contributed by atoms with Gasteiger partial charge >= 0.3 is 15.2 Å². The topological polar surface area (TPSA) is 139 Å². The SMILES string of the molecule is CC(C)(Nc1ccccc1NC(C)(C)P(=O)(O)O)P(=O)(O)O. The van der Waals surface area contributed by atoms with Crippen molar-refractivity contribution in [3.8, 4) is 0 Å². The fraction of sp³-hybridized carbons (Fsp3) is 0.500. The molecule has 0 spiro atoms. The first-order valence-corrected chi connectivity index (χ1v) is 9.66. The molecular weight excluding hydrogens is 330 g/mol. The summed E-state index contributed by atoms with van der Waals surface area (Å²) in [5.41, 5.74) is 0.662. The fourth-order valence-corrected chi connectivity index (χ4v) is 2.04. The Labute approximate surface area is 129 Å². The van der Waals surface area contributed by atoms with Crippen LogP contribution in [-0.2, 0) is 9.13 Å². The Kier molecular flexibility index (Phi) is 5.20. The second-order valence-electron chi connectivity index (χ2n) is 6.00. The molecule has 1 rings (SSSR count). The van der Waals surface area contributed by atoms with Gasteiger partial charge in [0.1, 0.15) is 10.6 Å². The van der Waals surface area contributed by atoms with E-state index in [1.165, 1.54) is 27.7 Å². The smallest absolute Gasteiger partial charge is 0.350 e. The van der Waals surface area contributed by atoms with Gasteiger partial charge in [-0.3, -0.25) is 9.13 Å². The van der Waals surface area contributed by atoms with Gasteiger partial charge in [0.25, 0.3) is 0 Å². The summed E-state index contributed by atoms with van der Waals surface area (Å²) in [4.78, 5) is 37.5. The highest BCUT2D eigenvalue weighted by Crippen LogP contribution is 2.52. The summed E-state index contributed by atoms with van der Waals surface area (Å²) in [5, 5.41) is 2.38. The number of hydrogen-bond donors (Lipinski definition) is 6. The number of hydrogen-bond acceptors (Lipinski definition) is 4. The lowest BCUT2D eigenvalue weighted by molar-refractivity contribution is 0.342. The van der Waals surface area contributed by atoms with Gasteiger partial charge in [-0.05, 0) is 39.8 Å². The molecule has 0 amide bonds. The highest BCUT2D eigenvalue weighted by molar-refractivity contribution is 7.54. The molecule has 1 aromatic rings. The van der Waals surface area contributed by atoms with Crippen molar-refractivity contribution in [3.05, 3.63) is 24.3 Å². The van der Waals surface area contributed by atoms with E-state index in [4.69, 9.17) is 0 Å². The Morgan fingerprint density at radius 2 is 1.05 bits per heavy atom. The Hall–Kier alpha value is -0.880. The molecule has 0 saturated carbocycles. The van der Waals surface area contributed by atoms with E-state index < -0.39 is 25.8 Å². The molecule has 0 aliphatic carbocycles. The van der Waals surface area contributed by atoms with Gasteiger partial charge < -0.3 is 30.2 Å². The van der Waals surface area contributed by atoms with Crippen molar-refractivity contribution >= 4 is 26.6 Å². The van der Waals surface area contributed by atoms with Crippen LogP contribution in [0.4, 0.5) is 11.4 Å². The van der Waals surface area contributed by atoms with Gasteiger partial charge in [-0.2, -0.15) is 0 Å². The predicted molar refractivity (Wildman–Crippen MR) is 85.9 cm³/mol. The molecular formula is C12H22N2O6P2. The molecule has 0 aliphatic rings. The quantitative estimate of drug-likeness (QED) is 0.429. The third-order valence-corrected chi connectivity index (χ3v) is 6.40. The van der Waals surface area contributed by atoms with E-state index in [2.05, 4.69) is 10.6 Å². The van der Waals surface area contributed by atoms with E-state index in [1.807, 2.05) is 0 Å². The third-order valence-electron chi connectivity index (χ3n) is 3.26. The van der Waals surface area contributed by atoms with Gasteiger partial charge in [0.15, 0.2) is 0 Å². The zero-order chi connectivity index (χ0) is 17.4. The van der Waals surface area contributed by atoms with Crippen LogP contribution in [0.5, 0.6) is 0 Å². The number of nitrogens with one attached hydrogen (secondary N) is 2. The Morgan fingerprint density at radius 3 is 1.27 bits per heavy atom. The minimum absolute atomic E-state index is 0.331. The first-order valence-electron chi connectivity index (χ1n) is 6.44. The molecule has 22 heavy (non-hydrogen) atoms. The second-order valence-corrected chi connectivity index (χ2v) is 10.4. The van der Waals surface area contributed by atoms with Crippen molar-refractivity contribution in [3.63, 3.8) is 0 Å². The molecule has 0 bridgehead atoms. The minimum Gasteiger partial charge on any atom is -0.368 e. The number of anilines is 2. The predicted octanol–water partition coefficient (Wildman–Crippen LogP) is 2.34. The molecule has 0 heterocycles. The van der Waals surface area contributed by atoms with Gasteiger partial charge in [-0.1, -0.05) is 12.1 Å². The summed E-state index contributed by atoms with van der Waals surface area (Å²) in [6, 6.07) is 6.42. The molecule has 0 fully saturated rings. The highest BCUT2D eigenvalue weighted by Gasteiger charge is 2.40. The summed E-state index contributed by atoms with van der Waals surface area (Å²) in [6.45, 7) is 5.38. The molecule has 1 aromatic carbocycles. The molecule has 10 heteroatoms. The van der Waals surface area contributed by atoms with Crippen LogP contribution < -0.4 is 10.6 Å².